The van der Waals surface area contributed by atoms with Crippen LogP contribution in [-0.4, -0.2) is 25.8 Å². The number of nitrogens with zero attached hydrogens (tertiary/aromatic N) is 3. The first-order valence-electron chi connectivity index (χ1n) is 4.82. The standard InChI is InChI=1S/C11H11N3O2/c1-8-4-13-14(6-8)7-9-2-3-10(11(15)16)12-5-9/h2-6H,7H2,1H3,(H,15,16). The molecule has 2 aromatic rings. The summed E-state index contributed by atoms with van der Waals surface area (Å²) >= 11 is 0. The van der Waals surface area contributed by atoms with Crippen molar-refractivity contribution < 1.29 is 9.90 Å². The van der Waals surface area contributed by atoms with Crippen molar-refractivity contribution in [3.8, 4) is 0 Å². The van der Waals surface area contributed by atoms with Gasteiger partial charge in [0.25, 0.3) is 0 Å². The number of aromatic nitrogens is 3. The minimum Gasteiger partial charge on any atom is -0.477 e. The molecule has 0 aliphatic heterocycles. The van der Waals surface area contributed by atoms with Crippen molar-refractivity contribution in [2.24, 2.45) is 0 Å². The molecule has 5 heteroatoms. The van der Waals surface area contributed by atoms with Gasteiger partial charge >= 0.3 is 5.97 Å². The van der Waals surface area contributed by atoms with Crippen molar-refractivity contribution in [1.82, 2.24) is 14.8 Å². The third-order valence-corrected chi connectivity index (χ3v) is 2.15. The molecule has 0 fully saturated rings. The van der Waals surface area contributed by atoms with Gasteiger partial charge in [-0.05, 0) is 24.1 Å². The number of carboxylic acid groups (broad SMARTS) is 1. The van der Waals surface area contributed by atoms with E-state index in [-0.39, 0.29) is 5.69 Å². The molecular formula is C11H11N3O2. The number of carboxylic acids is 1. The van der Waals surface area contributed by atoms with E-state index in [1.54, 1.807) is 23.1 Å². The van der Waals surface area contributed by atoms with E-state index in [2.05, 4.69) is 10.1 Å². The summed E-state index contributed by atoms with van der Waals surface area (Å²) in [6.07, 6.45) is 5.25. The molecule has 16 heavy (non-hydrogen) atoms. The predicted molar refractivity (Wildman–Crippen MR) is 57.3 cm³/mol. The molecule has 0 saturated heterocycles. The van der Waals surface area contributed by atoms with Crippen LogP contribution in [0.25, 0.3) is 0 Å². The molecular weight excluding hydrogens is 206 g/mol. The van der Waals surface area contributed by atoms with Gasteiger partial charge in [0.1, 0.15) is 5.69 Å². The number of pyridine rings is 1. The largest absolute Gasteiger partial charge is 0.477 e. The number of rotatable bonds is 3. The van der Waals surface area contributed by atoms with Crippen LogP contribution in [0.5, 0.6) is 0 Å². The van der Waals surface area contributed by atoms with Gasteiger partial charge in [0.05, 0.1) is 12.7 Å². The van der Waals surface area contributed by atoms with E-state index in [4.69, 9.17) is 5.11 Å². The Morgan fingerprint density at radius 2 is 2.25 bits per heavy atom. The van der Waals surface area contributed by atoms with Gasteiger partial charge in [-0.1, -0.05) is 6.07 Å². The Hall–Kier alpha value is -2.17. The van der Waals surface area contributed by atoms with Crippen molar-refractivity contribution in [2.75, 3.05) is 0 Å². The minimum atomic E-state index is -1.01. The molecule has 0 bridgehead atoms. The summed E-state index contributed by atoms with van der Waals surface area (Å²) < 4.78 is 1.78. The van der Waals surface area contributed by atoms with Crippen molar-refractivity contribution in [2.45, 2.75) is 13.5 Å². The molecule has 0 aromatic carbocycles. The van der Waals surface area contributed by atoms with E-state index in [0.29, 0.717) is 6.54 Å². The lowest BCUT2D eigenvalue weighted by Crippen LogP contribution is -2.03. The highest BCUT2D eigenvalue weighted by Gasteiger charge is 2.04. The number of carbonyl (C=O) groups is 1. The lowest BCUT2D eigenvalue weighted by molar-refractivity contribution is 0.0690. The van der Waals surface area contributed by atoms with Crippen LogP contribution in [0.3, 0.4) is 0 Å². The van der Waals surface area contributed by atoms with Gasteiger partial charge in [-0.3, -0.25) is 4.68 Å². The monoisotopic (exact) mass is 217 g/mol. The summed E-state index contributed by atoms with van der Waals surface area (Å²) in [5, 5.41) is 12.8. The molecule has 0 aliphatic rings. The van der Waals surface area contributed by atoms with Crippen LogP contribution in [0.2, 0.25) is 0 Å². The van der Waals surface area contributed by atoms with Crippen LogP contribution < -0.4 is 0 Å². The molecule has 82 valence electrons. The van der Waals surface area contributed by atoms with Crippen LogP contribution in [0.15, 0.2) is 30.7 Å². The van der Waals surface area contributed by atoms with Gasteiger partial charge < -0.3 is 5.11 Å². The fraction of sp³-hybridized carbons (Fsp3) is 0.182. The zero-order chi connectivity index (χ0) is 11.5. The Balaban J connectivity index is 2.14. The van der Waals surface area contributed by atoms with E-state index in [0.717, 1.165) is 11.1 Å². The molecule has 2 rings (SSSR count). The third-order valence-electron chi connectivity index (χ3n) is 2.15. The summed E-state index contributed by atoms with van der Waals surface area (Å²) in [4.78, 5) is 14.4. The molecule has 5 nitrogen and oxygen atoms in total. The Morgan fingerprint density at radius 1 is 1.44 bits per heavy atom. The van der Waals surface area contributed by atoms with Crippen LogP contribution in [-0.2, 0) is 6.54 Å². The normalized spacial score (nSPS) is 10.3. The average molecular weight is 217 g/mol. The fourth-order valence-electron chi connectivity index (χ4n) is 1.39. The molecule has 0 spiro atoms. The Labute approximate surface area is 92.4 Å². The second-order valence-corrected chi connectivity index (χ2v) is 3.57. The maximum Gasteiger partial charge on any atom is 0.354 e. The predicted octanol–water partition coefficient (Wildman–Crippen LogP) is 1.33. The van der Waals surface area contributed by atoms with Gasteiger partial charge in [-0.2, -0.15) is 5.10 Å². The van der Waals surface area contributed by atoms with Crippen LogP contribution in [0, 0.1) is 6.92 Å². The van der Waals surface area contributed by atoms with Crippen molar-refractivity contribution in [3.05, 3.63) is 47.5 Å². The molecule has 0 saturated carbocycles. The van der Waals surface area contributed by atoms with Gasteiger partial charge in [0.2, 0.25) is 0 Å². The van der Waals surface area contributed by atoms with Crippen LogP contribution >= 0.6 is 0 Å². The highest BCUT2D eigenvalue weighted by atomic mass is 16.4. The second-order valence-electron chi connectivity index (χ2n) is 3.57. The molecule has 0 radical (unpaired) electrons. The third kappa shape index (κ3) is 2.25. The number of aromatic carboxylic acids is 1. The summed E-state index contributed by atoms with van der Waals surface area (Å²) in [6.45, 7) is 2.57. The summed E-state index contributed by atoms with van der Waals surface area (Å²) in [5.74, 6) is -1.01. The number of hydrogen-bond donors (Lipinski definition) is 1. The molecule has 2 aromatic heterocycles. The van der Waals surface area contributed by atoms with E-state index >= 15 is 0 Å². The smallest absolute Gasteiger partial charge is 0.354 e. The van der Waals surface area contributed by atoms with Gasteiger partial charge in [-0.15, -0.1) is 0 Å². The van der Waals surface area contributed by atoms with Crippen molar-refractivity contribution >= 4 is 5.97 Å². The van der Waals surface area contributed by atoms with E-state index in [1.165, 1.54) is 6.07 Å². The summed E-state index contributed by atoms with van der Waals surface area (Å²) in [5.41, 5.74) is 2.07. The van der Waals surface area contributed by atoms with Gasteiger partial charge in [-0.25, -0.2) is 9.78 Å². The first-order valence-corrected chi connectivity index (χ1v) is 4.82. The Morgan fingerprint density at radius 3 is 2.75 bits per heavy atom. The minimum absolute atomic E-state index is 0.0559. The van der Waals surface area contributed by atoms with Crippen LogP contribution in [0.4, 0.5) is 0 Å². The Bertz CT molecular complexity index is 502. The number of hydrogen-bond acceptors (Lipinski definition) is 3. The topological polar surface area (TPSA) is 68.0 Å². The highest BCUT2D eigenvalue weighted by Crippen LogP contribution is 2.04. The molecule has 0 aliphatic carbocycles. The maximum absolute atomic E-state index is 10.6. The van der Waals surface area contributed by atoms with E-state index < -0.39 is 5.97 Å². The molecule has 0 atom stereocenters. The zero-order valence-electron chi connectivity index (χ0n) is 8.79. The van der Waals surface area contributed by atoms with Crippen LogP contribution in [0.1, 0.15) is 21.6 Å². The average Bonchev–Trinajstić information content (AvgIpc) is 2.65. The van der Waals surface area contributed by atoms with E-state index in [1.807, 2.05) is 13.1 Å². The van der Waals surface area contributed by atoms with Gasteiger partial charge in [0, 0.05) is 12.4 Å². The Kier molecular flexibility index (Phi) is 2.68. The summed E-state index contributed by atoms with van der Waals surface area (Å²) in [7, 11) is 0. The fourth-order valence-corrected chi connectivity index (χ4v) is 1.39. The summed E-state index contributed by atoms with van der Waals surface area (Å²) in [6, 6.07) is 3.24. The second kappa shape index (κ2) is 4.14. The molecule has 2 heterocycles. The van der Waals surface area contributed by atoms with E-state index in [9.17, 15) is 4.79 Å². The zero-order valence-corrected chi connectivity index (χ0v) is 8.79. The quantitative estimate of drug-likeness (QED) is 0.842. The lowest BCUT2D eigenvalue weighted by atomic mass is 10.2. The SMILES string of the molecule is Cc1cnn(Cc2ccc(C(=O)O)nc2)c1. The van der Waals surface area contributed by atoms with Gasteiger partial charge in [0.15, 0.2) is 0 Å². The first-order chi connectivity index (χ1) is 7.65. The number of aryl methyl sites for hydroxylation is 1. The van der Waals surface area contributed by atoms with Crippen molar-refractivity contribution in [3.63, 3.8) is 0 Å². The molecule has 1 N–H and O–H groups in total. The molecule has 0 amide bonds. The lowest BCUT2D eigenvalue weighted by Gasteiger charge is -2.01. The maximum atomic E-state index is 10.6. The highest BCUT2D eigenvalue weighted by molar-refractivity contribution is 5.85. The van der Waals surface area contributed by atoms with Crippen molar-refractivity contribution in [1.29, 1.82) is 0 Å². The molecule has 0 unspecified atom stereocenters. The first kappa shape index (κ1) is 10.4.